The predicted octanol–water partition coefficient (Wildman–Crippen LogP) is 2.59. The first-order valence-corrected chi connectivity index (χ1v) is 11.2. The van der Waals surface area contributed by atoms with Gasteiger partial charge in [-0.2, -0.15) is 0 Å². The molecule has 2 aliphatic heterocycles. The van der Waals surface area contributed by atoms with E-state index in [9.17, 15) is 14.7 Å². The number of hydrogen-bond acceptors (Lipinski definition) is 6. The molecule has 3 aliphatic rings. The lowest BCUT2D eigenvalue weighted by molar-refractivity contribution is -0.0197. The first-order valence-electron chi connectivity index (χ1n) is 11.2. The predicted molar refractivity (Wildman–Crippen MR) is 126 cm³/mol. The highest BCUT2D eigenvalue weighted by atomic mass is 16.5. The highest BCUT2D eigenvalue weighted by Gasteiger charge is 2.45. The third-order valence-corrected chi connectivity index (χ3v) is 6.76. The minimum Gasteiger partial charge on any atom is -0.502 e. The molecule has 1 aliphatic carbocycles. The SMILES string of the molecule is COc1ccc2c(c1)C(N1[C@@H]3COCCN3C(=O)c3c(O)c(=O)ccn31)c1ccccc1C=C2. The van der Waals surface area contributed by atoms with Crippen LogP contribution in [0.4, 0.5) is 0 Å². The molecule has 1 unspecified atom stereocenters. The fraction of sp³-hybridized carbons (Fsp3) is 0.231. The van der Waals surface area contributed by atoms with Gasteiger partial charge in [-0.3, -0.25) is 19.3 Å². The van der Waals surface area contributed by atoms with Crippen LogP contribution in [0.2, 0.25) is 0 Å². The van der Waals surface area contributed by atoms with Gasteiger partial charge < -0.3 is 19.5 Å². The number of benzene rings is 2. The summed E-state index contributed by atoms with van der Waals surface area (Å²) >= 11 is 0. The van der Waals surface area contributed by atoms with Gasteiger partial charge in [-0.05, 0) is 34.4 Å². The summed E-state index contributed by atoms with van der Waals surface area (Å²) in [5, 5.41) is 12.7. The monoisotopic (exact) mass is 457 g/mol. The van der Waals surface area contributed by atoms with Crippen LogP contribution >= 0.6 is 0 Å². The van der Waals surface area contributed by atoms with Gasteiger partial charge >= 0.3 is 0 Å². The number of carbonyl (C=O) groups is 1. The molecule has 0 spiro atoms. The number of methoxy groups -OCH3 is 1. The van der Waals surface area contributed by atoms with E-state index in [0.29, 0.717) is 25.5 Å². The summed E-state index contributed by atoms with van der Waals surface area (Å²) in [4.78, 5) is 27.4. The molecule has 34 heavy (non-hydrogen) atoms. The van der Waals surface area contributed by atoms with Crippen molar-refractivity contribution >= 4 is 18.1 Å². The number of ether oxygens (including phenoxy) is 2. The maximum absolute atomic E-state index is 13.4. The third kappa shape index (κ3) is 2.95. The third-order valence-electron chi connectivity index (χ3n) is 6.76. The summed E-state index contributed by atoms with van der Waals surface area (Å²) in [6.45, 7) is 1.05. The summed E-state index contributed by atoms with van der Waals surface area (Å²) in [6.07, 6.45) is 5.27. The van der Waals surface area contributed by atoms with Crippen molar-refractivity contribution in [1.82, 2.24) is 9.58 Å². The van der Waals surface area contributed by atoms with Crippen molar-refractivity contribution in [2.75, 3.05) is 31.9 Å². The Labute approximate surface area is 195 Å². The number of carbonyl (C=O) groups excluding carboxylic acids is 1. The second-order valence-electron chi connectivity index (χ2n) is 8.52. The van der Waals surface area contributed by atoms with E-state index in [1.54, 1.807) is 22.9 Å². The Morgan fingerprint density at radius 1 is 1.03 bits per heavy atom. The summed E-state index contributed by atoms with van der Waals surface area (Å²) in [7, 11) is 1.63. The average molecular weight is 457 g/mol. The van der Waals surface area contributed by atoms with Crippen LogP contribution < -0.4 is 15.2 Å². The van der Waals surface area contributed by atoms with E-state index in [0.717, 1.165) is 22.3 Å². The molecule has 0 radical (unpaired) electrons. The number of amides is 1. The first kappa shape index (κ1) is 20.6. The maximum atomic E-state index is 13.4. The molecular formula is C26H23N3O5. The van der Waals surface area contributed by atoms with Gasteiger partial charge in [0.1, 0.15) is 11.9 Å². The number of morpholine rings is 1. The van der Waals surface area contributed by atoms with Crippen LogP contribution in [-0.4, -0.2) is 53.6 Å². The van der Waals surface area contributed by atoms with Crippen molar-refractivity contribution < 1.29 is 19.4 Å². The van der Waals surface area contributed by atoms with E-state index in [4.69, 9.17) is 9.47 Å². The second kappa shape index (κ2) is 7.78. The zero-order chi connectivity index (χ0) is 23.4. The Balaban J connectivity index is 1.67. The molecule has 3 heterocycles. The van der Waals surface area contributed by atoms with Crippen LogP contribution in [0, 0.1) is 0 Å². The number of aromatic hydroxyl groups is 1. The fourth-order valence-electron chi connectivity index (χ4n) is 5.14. The molecule has 3 aromatic rings. The minimum atomic E-state index is -0.587. The van der Waals surface area contributed by atoms with E-state index in [1.165, 1.54) is 6.07 Å². The maximum Gasteiger partial charge on any atom is 0.278 e. The largest absolute Gasteiger partial charge is 0.502 e. The highest BCUT2D eigenvalue weighted by Crippen LogP contribution is 2.41. The lowest BCUT2D eigenvalue weighted by atomic mass is 9.92. The van der Waals surface area contributed by atoms with Crippen molar-refractivity contribution in [1.29, 1.82) is 0 Å². The van der Waals surface area contributed by atoms with Crippen LogP contribution in [0.15, 0.2) is 59.5 Å². The van der Waals surface area contributed by atoms with E-state index >= 15 is 0 Å². The fourth-order valence-corrected chi connectivity index (χ4v) is 5.14. The van der Waals surface area contributed by atoms with Crippen molar-refractivity contribution in [2.24, 2.45) is 0 Å². The zero-order valence-corrected chi connectivity index (χ0v) is 18.5. The Kier molecular flexibility index (Phi) is 4.70. The second-order valence-corrected chi connectivity index (χ2v) is 8.52. The van der Waals surface area contributed by atoms with Gasteiger partial charge in [0, 0.05) is 18.8 Å². The lowest BCUT2D eigenvalue weighted by Gasteiger charge is -2.51. The molecule has 172 valence electrons. The van der Waals surface area contributed by atoms with E-state index in [2.05, 4.69) is 24.3 Å². The van der Waals surface area contributed by atoms with E-state index in [1.807, 2.05) is 35.3 Å². The van der Waals surface area contributed by atoms with Crippen LogP contribution in [-0.2, 0) is 4.74 Å². The molecule has 1 N–H and O–H groups in total. The van der Waals surface area contributed by atoms with Crippen molar-refractivity contribution in [3.8, 4) is 11.5 Å². The number of nitrogens with zero attached hydrogens (tertiary/aromatic N) is 3. The number of pyridine rings is 1. The van der Waals surface area contributed by atoms with Gasteiger partial charge in [0.2, 0.25) is 5.43 Å². The minimum absolute atomic E-state index is 0.0372. The number of rotatable bonds is 2. The quantitative estimate of drug-likeness (QED) is 0.637. The Bertz CT molecular complexity index is 1400. The first-order chi connectivity index (χ1) is 16.6. The molecular weight excluding hydrogens is 434 g/mol. The molecule has 2 atom stereocenters. The Hall–Kier alpha value is -4.04. The number of hydrogen-bond donors (Lipinski definition) is 1. The number of aromatic nitrogens is 1. The Morgan fingerprint density at radius 3 is 2.65 bits per heavy atom. The molecule has 0 bridgehead atoms. The van der Waals surface area contributed by atoms with Crippen LogP contribution in [0.5, 0.6) is 11.5 Å². The Morgan fingerprint density at radius 2 is 1.82 bits per heavy atom. The molecule has 2 aromatic carbocycles. The molecule has 8 nitrogen and oxygen atoms in total. The topological polar surface area (TPSA) is 84.2 Å². The van der Waals surface area contributed by atoms with Crippen molar-refractivity contribution in [3.05, 3.63) is 92.9 Å². The summed E-state index contributed by atoms with van der Waals surface area (Å²) in [6, 6.07) is 14.9. The van der Waals surface area contributed by atoms with Gasteiger partial charge in [0.15, 0.2) is 11.4 Å². The smallest absolute Gasteiger partial charge is 0.278 e. The van der Waals surface area contributed by atoms with E-state index in [-0.39, 0.29) is 17.6 Å². The normalized spacial score (nSPS) is 20.7. The molecule has 1 aromatic heterocycles. The zero-order valence-electron chi connectivity index (χ0n) is 18.5. The molecule has 6 rings (SSSR count). The van der Waals surface area contributed by atoms with E-state index < -0.39 is 17.3 Å². The van der Waals surface area contributed by atoms with Gasteiger partial charge in [-0.1, -0.05) is 42.5 Å². The average Bonchev–Trinajstić information content (AvgIpc) is 3.03. The summed E-state index contributed by atoms with van der Waals surface area (Å²) in [5.41, 5.74) is 3.42. The summed E-state index contributed by atoms with van der Waals surface area (Å²) in [5.74, 6) is -0.219. The van der Waals surface area contributed by atoms with Gasteiger partial charge in [0.25, 0.3) is 5.91 Å². The van der Waals surface area contributed by atoms with Crippen LogP contribution in [0.25, 0.3) is 12.2 Å². The molecule has 1 fully saturated rings. The van der Waals surface area contributed by atoms with Crippen LogP contribution in [0.1, 0.15) is 38.8 Å². The number of fused-ring (bicyclic) bond motifs is 4. The highest BCUT2D eigenvalue weighted by molar-refractivity contribution is 5.96. The van der Waals surface area contributed by atoms with Gasteiger partial charge in [-0.25, -0.2) is 0 Å². The lowest BCUT2D eigenvalue weighted by Crippen LogP contribution is -2.66. The molecule has 1 amide bonds. The molecule has 1 saturated heterocycles. The van der Waals surface area contributed by atoms with Gasteiger partial charge in [0.05, 0.1) is 26.4 Å². The standard InChI is InChI=1S/C26H23N3O5/c1-33-18-9-8-17-7-6-16-4-2-3-5-19(16)23(20(17)14-18)29-22-15-34-13-12-27(22)26(32)24-25(31)21(30)10-11-28(24)29/h2-11,14,22-23,31H,12-13,15H2,1H3/t22-,23?/m1/s1. The molecule has 8 heteroatoms. The summed E-state index contributed by atoms with van der Waals surface area (Å²) < 4.78 is 13.0. The van der Waals surface area contributed by atoms with Crippen molar-refractivity contribution in [2.45, 2.75) is 12.2 Å². The molecule has 0 saturated carbocycles. The van der Waals surface area contributed by atoms with Crippen LogP contribution in [0.3, 0.4) is 0 Å². The van der Waals surface area contributed by atoms with Gasteiger partial charge in [-0.15, -0.1) is 0 Å². The van der Waals surface area contributed by atoms with Crippen molar-refractivity contribution in [3.63, 3.8) is 0 Å².